The Morgan fingerprint density at radius 1 is 1.25 bits per heavy atom. The zero-order valence-corrected chi connectivity index (χ0v) is 15.3. The van der Waals surface area contributed by atoms with Crippen molar-refractivity contribution in [1.82, 2.24) is 15.0 Å². The monoisotopic (exact) mass is 376 g/mol. The summed E-state index contributed by atoms with van der Waals surface area (Å²) in [5.41, 5.74) is 8.96. The first-order valence-electron chi connectivity index (χ1n) is 9.45. The third-order valence-corrected chi connectivity index (χ3v) is 5.29. The largest absolute Gasteiger partial charge is 0.493 e. The van der Waals surface area contributed by atoms with Crippen LogP contribution in [-0.4, -0.2) is 40.1 Å². The molecule has 5 rings (SSSR count). The standard InChI is InChI=1S/C21H20N4O3/c22-21(26)17-5-3-10-25(17)28-19-12-16(15-4-1-2-9-23-15)24-20-13(19)6-7-18-14(20)8-11-27-18/h1-2,4,6-7,9,12,17H,3,5,8,10-11H2,(H2,22,26). The predicted octanol–water partition coefficient (Wildman–Crippen LogP) is 2.48. The third kappa shape index (κ3) is 2.84. The molecule has 4 heterocycles. The van der Waals surface area contributed by atoms with Crippen molar-refractivity contribution in [2.24, 2.45) is 5.73 Å². The molecule has 3 aromatic rings. The molecule has 1 atom stereocenters. The third-order valence-electron chi connectivity index (χ3n) is 5.29. The summed E-state index contributed by atoms with van der Waals surface area (Å²) in [4.78, 5) is 27.3. The number of benzene rings is 1. The molecular weight excluding hydrogens is 356 g/mol. The second-order valence-electron chi connectivity index (χ2n) is 7.05. The van der Waals surface area contributed by atoms with Crippen LogP contribution in [0.25, 0.3) is 22.3 Å². The van der Waals surface area contributed by atoms with Gasteiger partial charge in [-0.2, -0.15) is 0 Å². The van der Waals surface area contributed by atoms with E-state index in [4.69, 9.17) is 20.3 Å². The number of hydroxylamine groups is 2. The van der Waals surface area contributed by atoms with Crippen molar-refractivity contribution >= 4 is 16.8 Å². The van der Waals surface area contributed by atoms with Crippen molar-refractivity contribution in [2.75, 3.05) is 13.2 Å². The molecule has 0 spiro atoms. The maximum atomic E-state index is 11.8. The average molecular weight is 376 g/mol. The van der Waals surface area contributed by atoms with Crippen LogP contribution in [0.4, 0.5) is 0 Å². The summed E-state index contributed by atoms with van der Waals surface area (Å²) in [7, 11) is 0. The van der Waals surface area contributed by atoms with Crippen LogP contribution in [0, 0.1) is 0 Å². The van der Waals surface area contributed by atoms with E-state index in [1.54, 1.807) is 11.3 Å². The molecule has 142 valence electrons. The lowest BCUT2D eigenvalue weighted by Crippen LogP contribution is -2.42. The van der Waals surface area contributed by atoms with E-state index >= 15 is 0 Å². The highest BCUT2D eigenvalue weighted by Crippen LogP contribution is 2.38. The number of nitrogens with zero attached hydrogens (tertiary/aromatic N) is 3. The second-order valence-corrected chi connectivity index (χ2v) is 7.05. The number of hydrogen-bond donors (Lipinski definition) is 1. The van der Waals surface area contributed by atoms with Crippen LogP contribution in [0.15, 0.2) is 42.6 Å². The Balaban J connectivity index is 1.65. The van der Waals surface area contributed by atoms with Gasteiger partial charge in [0.25, 0.3) is 0 Å². The first kappa shape index (κ1) is 16.9. The minimum absolute atomic E-state index is 0.366. The summed E-state index contributed by atoms with van der Waals surface area (Å²) in [5.74, 6) is 1.14. The summed E-state index contributed by atoms with van der Waals surface area (Å²) in [6.07, 6.45) is 4.11. The van der Waals surface area contributed by atoms with Crippen molar-refractivity contribution in [2.45, 2.75) is 25.3 Å². The van der Waals surface area contributed by atoms with Gasteiger partial charge in [0.05, 0.1) is 23.5 Å². The average Bonchev–Trinajstić information content (AvgIpc) is 3.37. The van der Waals surface area contributed by atoms with Crippen molar-refractivity contribution < 1.29 is 14.4 Å². The molecule has 1 saturated heterocycles. The maximum absolute atomic E-state index is 11.8. The Morgan fingerprint density at radius 3 is 3.00 bits per heavy atom. The smallest absolute Gasteiger partial charge is 0.238 e. The number of fused-ring (bicyclic) bond motifs is 3. The zero-order valence-electron chi connectivity index (χ0n) is 15.3. The van der Waals surface area contributed by atoms with Crippen LogP contribution in [0.5, 0.6) is 11.5 Å². The highest BCUT2D eigenvalue weighted by atomic mass is 16.7. The number of pyridine rings is 2. The summed E-state index contributed by atoms with van der Waals surface area (Å²) in [5, 5.41) is 2.57. The molecule has 2 aliphatic heterocycles. The molecular formula is C21H20N4O3. The van der Waals surface area contributed by atoms with Gasteiger partial charge in [0.2, 0.25) is 5.91 Å². The first-order valence-corrected chi connectivity index (χ1v) is 9.45. The van der Waals surface area contributed by atoms with E-state index in [1.165, 1.54) is 0 Å². The van der Waals surface area contributed by atoms with Gasteiger partial charge >= 0.3 is 0 Å². The lowest BCUT2D eigenvalue weighted by molar-refractivity contribution is -0.135. The zero-order chi connectivity index (χ0) is 19.1. The van der Waals surface area contributed by atoms with Gasteiger partial charge in [0.1, 0.15) is 11.8 Å². The Bertz CT molecular complexity index is 1050. The lowest BCUT2D eigenvalue weighted by atomic mass is 10.1. The van der Waals surface area contributed by atoms with Crippen LogP contribution in [0.2, 0.25) is 0 Å². The van der Waals surface area contributed by atoms with Crippen molar-refractivity contribution in [1.29, 1.82) is 0 Å². The van der Waals surface area contributed by atoms with Gasteiger partial charge in [0.15, 0.2) is 5.75 Å². The molecule has 7 heteroatoms. The number of aromatic nitrogens is 2. The summed E-state index contributed by atoms with van der Waals surface area (Å²) < 4.78 is 5.71. The lowest BCUT2D eigenvalue weighted by Gasteiger charge is -2.23. The Morgan fingerprint density at radius 2 is 2.18 bits per heavy atom. The Labute approximate surface area is 162 Å². The molecule has 0 bridgehead atoms. The Hall–Kier alpha value is -3.19. The molecule has 2 N–H and O–H groups in total. The number of carbonyl (C=O) groups excluding carboxylic acids is 1. The van der Waals surface area contributed by atoms with E-state index in [0.29, 0.717) is 25.3 Å². The number of ether oxygens (including phenoxy) is 1. The van der Waals surface area contributed by atoms with E-state index in [9.17, 15) is 4.79 Å². The van der Waals surface area contributed by atoms with Gasteiger partial charge in [-0.1, -0.05) is 6.07 Å². The summed E-state index contributed by atoms with van der Waals surface area (Å²) >= 11 is 0. The van der Waals surface area contributed by atoms with Crippen LogP contribution in [0.3, 0.4) is 0 Å². The molecule has 28 heavy (non-hydrogen) atoms. The molecule has 0 radical (unpaired) electrons. The fourth-order valence-corrected chi connectivity index (χ4v) is 3.92. The number of carbonyl (C=O) groups is 1. The minimum Gasteiger partial charge on any atom is -0.493 e. The molecule has 2 aromatic heterocycles. The quantitative estimate of drug-likeness (QED) is 0.752. The van der Waals surface area contributed by atoms with Gasteiger partial charge in [-0.25, -0.2) is 4.98 Å². The van der Waals surface area contributed by atoms with Crippen molar-refractivity contribution in [3.05, 3.63) is 48.2 Å². The van der Waals surface area contributed by atoms with E-state index in [-0.39, 0.29) is 5.91 Å². The first-order chi connectivity index (χ1) is 13.7. The van der Waals surface area contributed by atoms with E-state index in [1.807, 2.05) is 36.4 Å². The van der Waals surface area contributed by atoms with Crippen LogP contribution in [0.1, 0.15) is 18.4 Å². The molecule has 1 fully saturated rings. The molecule has 1 amide bonds. The number of hydrogen-bond acceptors (Lipinski definition) is 6. The highest BCUT2D eigenvalue weighted by Gasteiger charge is 2.32. The normalized spacial score (nSPS) is 18.8. The number of nitrogens with two attached hydrogens (primary N) is 1. The fourth-order valence-electron chi connectivity index (χ4n) is 3.92. The molecule has 0 aliphatic carbocycles. The van der Waals surface area contributed by atoms with Crippen molar-refractivity contribution in [3.63, 3.8) is 0 Å². The number of primary amides is 1. The summed E-state index contributed by atoms with van der Waals surface area (Å²) in [6.45, 7) is 1.31. The van der Waals surface area contributed by atoms with E-state index in [0.717, 1.165) is 46.4 Å². The Kier molecular flexibility index (Phi) is 4.09. The van der Waals surface area contributed by atoms with Gasteiger partial charge in [-0.05, 0) is 37.1 Å². The van der Waals surface area contributed by atoms with Crippen LogP contribution < -0.4 is 15.3 Å². The molecule has 7 nitrogen and oxygen atoms in total. The van der Waals surface area contributed by atoms with Gasteiger partial charge in [-0.3, -0.25) is 9.78 Å². The van der Waals surface area contributed by atoms with Gasteiger partial charge in [0, 0.05) is 36.2 Å². The number of rotatable bonds is 4. The fraction of sp³-hybridized carbons (Fsp3) is 0.286. The van der Waals surface area contributed by atoms with Gasteiger partial charge < -0.3 is 15.3 Å². The predicted molar refractivity (Wildman–Crippen MR) is 104 cm³/mol. The van der Waals surface area contributed by atoms with E-state index in [2.05, 4.69) is 4.98 Å². The molecule has 1 unspecified atom stereocenters. The maximum Gasteiger partial charge on any atom is 0.238 e. The highest BCUT2D eigenvalue weighted by molar-refractivity contribution is 5.92. The van der Waals surface area contributed by atoms with Gasteiger partial charge in [-0.15, -0.1) is 5.06 Å². The van der Waals surface area contributed by atoms with Crippen molar-refractivity contribution in [3.8, 4) is 22.9 Å². The molecule has 2 aliphatic rings. The van der Waals surface area contributed by atoms with Crippen LogP contribution >= 0.6 is 0 Å². The van der Waals surface area contributed by atoms with Crippen LogP contribution in [-0.2, 0) is 11.2 Å². The SMILES string of the molecule is NC(=O)C1CCCN1Oc1cc(-c2ccccn2)nc2c3c(ccc12)OCC3. The second kappa shape index (κ2) is 6.76. The summed E-state index contributed by atoms with van der Waals surface area (Å²) in [6, 6.07) is 11.1. The minimum atomic E-state index is -0.417. The topological polar surface area (TPSA) is 90.6 Å². The number of amides is 1. The molecule has 0 saturated carbocycles. The molecule has 1 aromatic carbocycles. The van der Waals surface area contributed by atoms with E-state index < -0.39 is 6.04 Å².